The van der Waals surface area contributed by atoms with Crippen LogP contribution in [0, 0.1) is 5.92 Å². The van der Waals surface area contributed by atoms with E-state index in [4.69, 9.17) is 15.3 Å². The predicted molar refractivity (Wildman–Crippen MR) is 35.0 cm³/mol. The highest BCUT2D eigenvalue weighted by atomic mass is 16.4. The molecule has 1 unspecified atom stereocenters. The van der Waals surface area contributed by atoms with Crippen LogP contribution in [0.1, 0.15) is 0 Å². The quantitative estimate of drug-likeness (QED) is 0.473. The van der Waals surface area contributed by atoms with Crippen LogP contribution in [0.25, 0.3) is 0 Å². The lowest BCUT2D eigenvalue weighted by molar-refractivity contribution is -0.144. The zero-order valence-corrected chi connectivity index (χ0v) is 5.65. The van der Waals surface area contributed by atoms with Crippen molar-refractivity contribution in [3.63, 3.8) is 0 Å². The number of carboxylic acid groups (broad SMARTS) is 2. The molecule has 0 radical (unpaired) electrons. The van der Waals surface area contributed by atoms with Crippen LogP contribution >= 0.6 is 0 Å². The van der Waals surface area contributed by atoms with Crippen molar-refractivity contribution in [1.29, 1.82) is 0 Å². The summed E-state index contributed by atoms with van der Waals surface area (Å²) in [6.45, 7) is 2.26. The van der Waals surface area contributed by atoms with Gasteiger partial charge in [-0.1, -0.05) is 6.58 Å². The summed E-state index contributed by atoms with van der Waals surface area (Å²) >= 11 is 0. The van der Waals surface area contributed by atoms with Crippen molar-refractivity contribution in [3.05, 3.63) is 12.2 Å². The fraction of sp³-hybridized carbons (Fsp3) is 0.333. The first-order valence-corrected chi connectivity index (χ1v) is 2.76. The summed E-state index contributed by atoms with van der Waals surface area (Å²) < 4.78 is 0. The number of carbonyl (C=O) groups is 2. The van der Waals surface area contributed by atoms with Gasteiger partial charge in [-0.3, -0.25) is 4.79 Å². The number of carboxylic acids is 2. The number of aliphatic hydroxyl groups is 1. The molecule has 1 atom stereocenters. The third kappa shape index (κ3) is 2.38. The lowest BCUT2D eigenvalue weighted by Gasteiger charge is -2.06. The molecule has 0 saturated heterocycles. The van der Waals surface area contributed by atoms with Gasteiger partial charge in [-0.25, -0.2) is 4.79 Å². The molecule has 0 aliphatic carbocycles. The van der Waals surface area contributed by atoms with Crippen molar-refractivity contribution in [2.24, 2.45) is 5.92 Å². The molecule has 0 spiro atoms. The monoisotopic (exact) mass is 160 g/mol. The van der Waals surface area contributed by atoms with Crippen LogP contribution in [0.2, 0.25) is 0 Å². The van der Waals surface area contributed by atoms with E-state index in [2.05, 4.69) is 6.58 Å². The highest BCUT2D eigenvalue weighted by molar-refractivity contribution is 5.93. The van der Waals surface area contributed by atoms with Crippen molar-refractivity contribution >= 4 is 11.9 Å². The topological polar surface area (TPSA) is 94.8 Å². The van der Waals surface area contributed by atoms with E-state index < -0.39 is 30.0 Å². The average Bonchev–Trinajstić information content (AvgIpc) is 1.88. The number of aliphatic carboxylic acids is 2. The van der Waals surface area contributed by atoms with E-state index in [1.807, 2.05) is 0 Å². The molecule has 3 N–H and O–H groups in total. The van der Waals surface area contributed by atoms with Gasteiger partial charge in [0.2, 0.25) is 0 Å². The first-order chi connectivity index (χ1) is 5.00. The SMILES string of the molecule is C=C(C(=O)O)C(CO)C(=O)O. The van der Waals surface area contributed by atoms with Gasteiger partial charge in [0, 0.05) is 5.57 Å². The van der Waals surface area contributed by atoms with Crippen LogP contribution in [-0.2, 0) is 9.59 Å². The van der Waals surface area contributed by atoms with Gasteiger partial charge in [0.05, 0.1) is 6.61 Å². The summed E-state index contributed by atoms with van der Waals surface area (Å²) in [6.07, 6.45) is 0. The van der Waals surface area contributed by atoms with Crippen molar-refractivity contribution in [3.8, 4) is 0 Å². The maximum atomic E-state index is 10.2. The average molecular weight is 160 g/mol. The zero-order valence-electron chi connectivity index (χ0n) is 5.65. The molecule has 0 aliphatic rings. The van der Waals surface area contributed by atoms with E-state index in [0.29, 0.717) is 0 Å². The van der Waals surface area contributed by atoms with E-state index >= 15 is 0 Å². The van der Waals surface area contributed by atoms with Gasteiger partial charge in [-0.05, 0) is 0 Å². The van der Waals surface area contributed by atoms with Crippen LogP contribution in [0.5, 0.6) is 0 Å². The Balaban J connectivity index is 4.39. The second kappa shape index (κ2) is 3.72. The van der Waals surface area contributed by atoms with E-state index in [1.165, 1.54) is 0 Å². The Bertz CT molecular complexity index is 195. The van der Waals surface area contributed by atoms with Crippen LogP contribution in [-0.4, -0.2) is 33.9 Å². The van der Waals surface area contributed by atoms with Gasteiger partial charge in [0.15, 0.2) is 0 Å². The van der Waals surface area contributed by atoms with Gasteiger partial charge in [-0.15, -0.1) is 0 Å². The molecular formula is C6H8O5. The third-order valence-corrected chi connectivity index (χ3v) is 1.18. The molecule has 0 fully saturated rings. The van der Waals surface area contributed by atoms with Crippen LogP contribution in [0.3, 0.4) is 0 Å². The number of rotatable bonds is 4. The van der Waals surface area contributed by atoms with E-state index in [1.54, 1.807) is 0 Å². The summed E-state index contributed by atoms with van der Waals surface area (Å²) in [5.41, 5.74) is -0.514. The van der Waals surface area contributed by atoms with Crippen LogP contribution in [0.4, 0.5) is 0 Å². The van der Waals surface area contributed by atoms with Gasteiger partial charge in [0.25, 0.3) is 0 Å². The summed E-state index contributed by atoms with van der Waals surface area (Å²) in [5, 5.41) is 25.0. The summed E-state index contributed by atoms with van der Waals surface area (Å²) in [5.74, 6) is -4.21. The van der Waals surface area contributed by atoms with Gasteiger partial charge in [0.1, 0.15) is 5.92 Å². The lowest BCUT2D eigenvalue weighted by atomic mass is 10.0. The second-order valence-corrected chi connectivity index (χ2v) is 1.90. The minimum atomic E-state index is -1.41. The van der Waals surface area contributed by atoms with Crippen molar-refractivity contribution in [2.75, 3.05) is 6.61 Å². The normalized spacial score (nSPS) is 12.1. The minimum Gasteiger partial charge on any atom is -0.481 e. The smallest absolute Gasteiger partial charge is 0.331 e. The molecule has 5 heteroatoms. The molecule has 5 nitrogen and oxygen atoms in total. The first kappa shape index (κ1) is 9.64. The predicted octanol–water partition coefficient (Wildman–Crippen LogP) is -0.680. The number of hydrogen-bond acceptors (Lipinski definition) is 3. The molecule has 0 bridgehead atoms. The van der Waals surface area contributed by atoms with Crippen LogP contribution in [0.15, 0.2) is 12.2 Å². The molecule has 0 aromatic heterocycles. The molecule has 11 heavy (non-hydrogen) atoms. The Morgan fingerprint density at radius 1 is 1.36 bits per heavy atom. The fourth-order valence-electron chi connectivity index (χ4n) is 0.486. The molecule has 0 aliphatic heterocycles. The molecule has 0 aromatic carbocycles. The standard InChI is InChI=1S/C6H8O5/c1-3(5(8)9)4(2-7)6(10)11/h4,7H,1-2H2,(H,8,9)(H,10,11). The van der Waals surface area contributed by atoms with E-state index in [-0.39, 0.29) is 0 Å². The minimum absolute atomic E-state index is 0.514. The Labute approximate surface area is 62.6 Å². The summed E-state index contributed by atoms with van der Waals surface area (Å²) in [6, 6.07) is 0. The van der Waals surface area contributed by atoms with Crippen molar-refractivity contribution < 1.29 is 24.9 Å². The van der Waals surface area contributed by atoms with Crippen LogP contribution < -0.4 is 0 Å². The van der Waals surface area contributed by atoms with E-state index in [0.717, 1.165) is 0 Å². The molecule has 0 aromatic rings. The Morgan fingerprint density at radius 3 is 1.91 bits per heavy atom. The first-order valence-electron chi connectivity index (χ1n) is 2.76. The van der Waals surface area contributed by atoms with Crippen molar-refractivity contribution in [2.45, 2.75) is 0 Å². The van der Waals surface area contributed by atoms with Crippen molar-refractivity contribution in [1.82, 2.24) is 0 Å². The fourth-order valence-corrected chi connectivity index (χ4v) is 0.486. The lowest BCUT2D eigenvalue weighted by Crippen LogP contribution is -2.23. The summed E-state index contributed by atoms with van der Waals surface area (Å²) in [7, 11) is 0. The zero-order chi connectivity index (χ0) is 9.02. The second-order valence-electron chi connectivity index (χ2n) is 1.90. The number of aliphatic hydroxyl groups excluding tert-OH is 1. The largest absolute Gasteiger partial charge is 0.481 e. The maximum Gasteiger partial charge on any atom is 0.331 e. The number of hydrogen-bond donors (Lipinski definition) is 3. The molecule has 0 heterocycles. The molecule has 0 amide bonds. The Kier molecular flexibility index (Phi) is 3.26. The van der Waals surface area contributed by atoms with E-state index in [9.17, 15) is 9.59 Å². The Hall–Kier alpha value is -1.36. The maximum absolute atomic E-state index is 10.2. The van der Waals surface area contributed by atoms with Gasteiger partial charge in [-0.2, -0.15) is 0 Å². The molecule has 0 saturated carbocycles. The molecule has 62 valence electrons. The summed E-state index contributed by atoms with van der Waals surface area (Å²) in [4.78, 5) is 20.3. The third-order valence-electron chi connectivity index (χ3n) is 1.18. The Morgan fingerprint density at radius 2 is 1.82 bits per heavy atom. The highest BCUT2D eigenvalue weighted by Gasteiger charge is 2.24. The van der Waals surface area contributed by atoms with Gasteiger partial charge < -0.3 is 15.3 Å². The molecular weight excluding hydrogens is 152 g/mol. The van der Waals surface area contributed by atoms with Gasteiger partial charge >= 0.3 is 11.9 Å². The molecule has 0 rings (SSSR count). The highest BCUT2D eigenvalue weighted by Crippen LogP contribution is 2.07.